The van der Waals surface area contributed by atoms with E-state index >= 15 is 0 Å². The van der Waals surface area contributed by atoms with Gasteiger partial charge in [0.1, 0.15) is 5.75 Å². The number of phenolic OH excluding ortho intramolecular Hbond substituents is 1. The second kappa shape index (κ2) is 3.19. The Balaban J connectivity index is 2.87. The summed E-state index contributed by atoms with van der Waals surface area (Å²) in [6.07, 6.45) is 0. The van der Waals surface area contributed by atoms with Gasteiger partial charge < -0.3 is 15.4 Å². The number of hydrogen-bond donors (Lipinski definition) is 2. The van der Waals surface area contributed by atoms with Crippen LogP contribution in [0.5, 0.6) is 5.75 Å². The maximum atomic E-state index is 9.33. The highest BCUT2D eigenvalue weighted by Gasteiger charge is 2.11. The molecule has 14 heavy (non-hydrogen) atoms. The number of hydrogen-bond acceptors (Lipinski definition) is 2. The van der Waals surface area contributed by atoms with E-state index in [1.807, 2.05) is 17.7 Å². The lowest BCUT2D eigenvalue weighted by atomic mass is 10.2. The van der Waals surface area contributed by atoms with E-state index in [1.165, 1.54) is 0 Å². The molecule has 0 aliphatic heterocycles. The normalized spacial score (nSPS) is 11.1. The summed E-state index contributed by atoms with van der Waals surface area (Å²) in [6.45, 7) is 0.394. The number of nitrogens with two attached hydrogens (primary N) is 1. The molecule has 0 bridgehead atoms. The van der Waals surface area contributed by atoms with Gasteiger partial charge in [0.25, 0.3) is 0 Å². The van der Waals surface area contributed by atoms with Crippen molar-refractivity contribution in [2.75, 3.05) is 0 Å². The smallest absolute Gasteiger partial charge is 0.116 e. The van der Waals surface area contributed by atoms with Crippen molar-refractivity contribution >= 4 is 22.5 Å². The van der Waals surface area contributed by atoms with E-state index in [2.05, 4.69) is 0 Å². The number of aromatic nitrogens is 1. The van der Waals surface area contributed by atoms with Crippen molar-refractivity contribution in [1.29, 1.82) is 0 Å². The lowest BCUT2D eigenvalue weighted by Crippen LogP contribution is -2.03. The zero-order chi connectivity index (χ0) is 10.3. The van der Waals surface area contributed by atoms with Crippen LogP contribution in [0.1, 0.15) is 5.69 Å². The van der Waals surface area contributed by atoms with Crippen molar-refractivity contribution in [2.45, 2.75) is 6.54 Å². The number of aromatic hydroxyl groups is 1. The molecule has 1 heterocycles. The standard InChI is InChI=1S/C10H11ClN2O/c1-13-8-3-2-6(14)4-7(8)10(11)9(13)5-12/h2-4,14H,5,12H2,1H3. The van der Waals surface area contributed by atoms with Gasteiger partial charge in [-0.3, -0.25) is 0 Å². The van der Waals surface area contributed by atoms with Crippen LogP contribution in [0.25, 0.3) is 10.9 Å². The molecular weight excluding hydrogens is 200 g/mol. The van der Waals surface area contributed by atoms with E-state index in [0.717, 1.165) is 16.6 Å². The van der Waals surface area contributed by atoms with Gasteiger partial charge in [0.2, 0.25) is 0 Å². The molecule has 2 aromatic rings. The quantitative estimate of drug-likeness (QED) is 0.757. The third-order valence-electron chi connectivity index (χ3n) is 2.43. The highest BCUT2D eigenvalue weighted by molar-refractivity contribution is 6.36. The van der Waals surface area contributed by atoms with Gasteiger partial charge in [0.05, 0.1) is 10.7 Å². The van der Waals surface area contributed by atoms with Crippen molar-refractivity contribution in [1.82, 2.24) is 4.57 Å². The van der Waals surface area contributed by atoms with E-state index in [0.29, 0.717) is 11.6 Å². The van der Waals surface area contributed by atoms with E-state index < -0.39 is 0 Å². The number of rotatable bonds is 1. The molecule has 0 spiro atoms. The van der Waals surface area contributed by atoms with Crippen LogP contribution in [-0.4, -0.2) is 9.67 Å². The average Bonchev–Trinajstić information content (AvgIpc) is 2.39. The minimum absolute atomic E-state index is 0.216. The molecule has 0 aliphatic carbocycles. The van der Waals surface area contributed by atoms with Crippen molar-refractivity contribution in [3.63, 3.8) is 0 Å². The molecule has 0 fully saturated rings. The van der Waals surface area contributed by atoms with Crippen LogP contribution < -0.4 is 5.73 Å². The number of halogens is 1. The number of aryl methyl sites for hydroxylation is 1. The number of fused-ring (bicyclic) bond motifs is 1. The lowest BCUT2D eigenvalue weighted by Gasteiger charge is -2.00. The molecule has 2 rings (SSSR count). The lowest BCUT2D eigenvalue weighted by molar-refractivity contribution is 0.476. The van der Waals surface area contributed by atoms with E-state index in [4.69, 9.17) is 17.3 Å². The van der Waals surface area contributed by atoms with Gasteiger partial charge in [-0.05, 0) is 18.2 Å². The summed E-state index contributed by atoms with van der Waals surface area (Å²) in [5, 5.41) is 10.8. The monoisotopic (exact) mass is 210 g/mol. The summed E-state index contributed by atoms with van der Waals surface area (Å²) in [4.78, 5) is 0. The molecule has 4 heteroatoms. The molecule has 0 aliphatic rings. The first-order chi connectivity index (χ1) is 6.65. The minimum atomic E-state index is 0.216. The van der Waals surface area contributed by atoms with E-state index in [9.17, 15) is 5.11 Å². The number of nitrogens with zero attached hydrogens (tertiary/aromatic N) is 1. The highest BCUT2D eigenvalue weighted by atomic mass is 35.5. The van der Waals surface area contributed by atoms with Gasteiger partial charge in [-0.2, -0.15) is 0 Å². The maximum absolute atomic E-state index is 9.33. The largest absolute Gasteiger partial charge is 0.508 e. The van der Waals surface area contributed by atoms with Crippen molar-refractivity contribution in [2.24, 2.45) is 12.8 Å². The molecule has 1 aromatic heterocycles. The topological polar surface area (TPSA) is 51.2 Å². The predicted molar refractivity (Wildman–Crippen MR) is 57.5 cm³/mol. The second-order valence-corrected chi connectivity index (χ2v) is 3.60. The molecule has 0 amide bonds. The van der Waals surface area contributed by atoms with Crippen LogP contribution in [0.4, 0.5) is 0 Å². The zero-order valence-electron chi connectivity index (χ0n) is 7.79. The third kappa shape index (κ3) is 1.17. The van der Waals surface area contributed by atoms with Gasteiger partial charge in [0.15, 0.2) is 0 Å². The first-order valence-corrected chi connectivity index (χ1v) is 4.68. The first kappa shape index (κ1) is 9.37. The highest BCUT2D eigenvalue weighted by Crippen LogP contribution is 2.31. The van der Waals surface area contributed by atoms with Gasteiger partial charge in [-0.15, -0.1) is 0 Å². The Labute approximate surface area is 86.7 Å². The summed E-state index contributed by atoms with van der Waals surface area (Å²) >= 11 is 6.12. The fourth-order valence-electron chi connectivity index (χ4n) is 1.67. The number of benzene rings is 1. The molecular formula is C10H11ClN2O. The van der Waals surface area contributed by atoms with Crippen LogP contribution in [0.2, 0.25) is 5.02 Å². The molecule has 74 valence electrons. The average molecular weight is 211 g/mol. The Morgan fingerprint density at radius 2 is 2.21 bits per heavy atom. The Kier molecular flexibility index (Phi) is 2.13. The van der Waals surface area contributed by atoms with Gasteiger partial charge >= 0.3 is 0 Å². The van der Waals surface area contributed by atoms with Crippen molar-refractivity contribution in [3.05, 3.63) is 28.9 Å². The zero-order valence-corrected chi connectivity index (χ0v) is 8.54. The summed E-state index contributed by atoms with van der Waals surface area (Å²) in [5.74, 6) is 0.216. The van der Waals surface area contributed by atoms with Crippen molar-refractivity contribution in [3.8, 4) is 5.75 Å². The maximum Gasteiger partial charge on any atom is 0.116 e. The summed E-state index contributed by atoms with van der Waals surface area (Å²) in [6, 6.07) is 5.12. The minimum Gasteiger partial charge on any atom is -0.508 e. The van der Waals surface area contributed by atoms with Crippen LogP contribution in [0, 0.1) is 0 Å². The molecule has 0 atom stereocenters. The van der Waals surface area contributed by atoms with Crippen LogP contribution in [-0.2, 0) is 13.6 Å². The fraction of sp³-hybridized carbons (Fsp3) is 0.200. The summed E-state index contributed by atoms with van der Waals surface area (Å²) < 4.78 is 1.94. The molecule has 1 aromatic carbocycles. The SMILES string of the molecule is Cn1c(CN)c(Cl)c2cc(O)ccc21. The first-order valence-electron chi connectivity index (χ1n) is 4.31. The Morgan fingerprint density at radius 3 is 2.86 bits per heavy atom. The molecule has 0 saturated carbocycles. The number of phenols is 1. The molecule has 0 radical (unpaired) electrons. The Morgan fingerprint density at radius 1 is 1.50 bits per heavy atom. The van der Waals surface area contributed by atoms with Gasteiger partial charge in [-0.25, -0.2) is 0 Å². The molecule has 0 saturated heterocycles. The third-order valence-corrected chi connectivity index (χ3v) is 2.85. The van der Waals surface area contributed by atoms with E-state index in [-0.39, 0.29) is 5.75 Å². The van der Waals surface area contributed by atoms with E-state index in [1.54, 1.807) is 12.1 Å². The second-order valence-electron chi connectivity index (χ2n) is 3.23. The van der Waals surface area contributed by atoms with Crippen LogP contribution >= 0.6 is 11.6 Å². The van der Waals surface area contributed by atoms with Gasteiger partial charge in [0, 0.05) is 24.5 Å². The Bertz CT molecular complexity index is 490. The van der Waals surface area contributed by atoms with Crippen LogP contribution in [0.15, 0.2) is 18.2 Å². The molecule has 3 N–H and O–H groups in total. The molecule has 0 unspecified atom stereocenters. The summed E-state index contributed by atoms with van der Waals surface area (Å²) in [5.41, 5.74) is 7.45. The Hall–Kier alpha value is -1.19. The van der Waals surface area contributed by atoms with Gasteiger partial charge in [-0.1, -0.05) is 11.6 Å². The van der Waals surface area contributed by atoms with Crippen molar-refractivity contribution < 1.29 is 5.11 Å². The predicted octanol–water partition coefficient (Wildman–Crippen LogP) is 2.00. The molecule has 3 nitrogen and oxygen atoms in total. The van der Waals surface area contributed by atoms with Crippen LogP contribution in [0.3, 0.4) is 0 Å². The summed E-state index contributed by atoms with van der Waals surface area (Å²) in [7, 11) is 1.91. The fourth-order valence-corrected chi connectivity index (χ4v) is 2.02.